The molecule has 0 aromatic carbocycles. The van der Waals surface area contributed by atoms with Gasteiger partial charge in [-0.25, -0.2) is 0 Å². The molecule has 0 saturated carbocycles. The number of terminal acetylenes is 1. The molecule has 0 heterocycles. The molecular weight excluding hydrogens is 1010 g/mol. The number of hydrogen-bond donors (Lipinski definition) is 0. The van der Waals surface area contributed by atoms with Gasteiger partial charge in [-0.3, -0.25) is 0 Å². The van der Waals surface area contributed by atoms with Crippen LogP contribution in [0.15, 0.2) is 0 Å². The summed E-state index contributed by atoms with van der Waals surface area (Å²) < 4.78 is 0. The summed E-state index contributed by atoms with van der Waals surface area (Å²) in [6, 6.07) is 1.62. The zero-order chi connectivity index (χ0) is 60.0. The lowest BCUT2D eigenvalue weighted by atomic mass is 10.4. The number of hydrogen-bond acceptors (Lipinski definition) is 1. The van der Waals surface area contributed by atoms with E-state index >= 15 is 0 Å². The Hall–Kier alpha value is -18.6. The molecule has 84 heavy (non-hydrogen) atoms. The average Bonchev–Trinajstić information content (AvgIpc) is 3.50. The van der Waals surface area contributed by atoms with Gasteiger partial charge in [-0.15, -0.1) is 6.42 Å². The molecule has 0 aromatic heterocycles. The van der Waals surface area contributed by atoms with Gasteiger partial charge in [0.2, 0.25) is 0 Å². The van der Waals surface area contributed by atoms with Gasteiger partial charge in [0, 0.05) is 432 Å². The monoisotopic (exact) mass is 1010 g/mol. The molecule has 1 nitrogen and oxygen atoms in total. The van der Waals surface area contributed by atoms with Gasteiger partial charge in [-0.05, 0) is 47.4 Å². The van der Waals surface area contributed by atoms with Gasteiger partial charge >= 0.3 is 0 Å². The molecule has 0 unspecified atom stereocenters. The summed E-state index contributed by atoms with van der Waals surface area (Å²) >= 11 is 0. The third kappa shape index (κ3) is 63.4. The van der Waals surface area contributed by atoms with Crippen molar-refractivity contribution in [1.29, 1.82) is 5.26 Å². The number of nitriles is 1. The lowest BCUT2D eigenvalue weighted by Crippen LogP contribution is -1.57. The van der Waals surface area contributed by atoms with E-state index < -0.39 is 0 Å². The maximum atomic E-state index is 8.22. The van der Waals surface area contributed by atoms with E-state index in [-0.39, 0.29) is 0 Å². The van der Waals surface area contributed by atoms with Crippen LogP contribution in [0.3, 0.4) is 0 Å². The molecule has 0 atom stereocenters. The zero-order valence-electron chi connectivity index (χ0n) is 42.0. The van der Waals surface area contributed by atoms with Crippen molar-refractivity contribution in [2.75, 3.05) is 0 Å². The highest BCUT2D eigenvalue weighted by molar-refractivity contribution is 5.54. The molecular formula is C83HN. The first kappa shape index (κ1) is 65.4. The molecule has 0 radical (unpaired) electrons. The second-order valence-corrected chi connectivity index (χ2v) is 10.3. The molecule has 0 aliphatic carbocycles. The van der Waals surface area contributed by atoms with Crippen molar-refractivity contribution in [3.63, 3.8) is 0 Å². The molecule has 0 aromatic rings. The fraction of sp³-hybridized carbons (Fsp3) is 0. The van der Waals surface area contributed by atoms with E-state index in [1.165, 1.54) is 0 Å². The summed E-state index contributed by atoms with van der Waals surface area (Å²) in [4.78, 5) is 0. The lowest BCUT2D eigenvalue weighted by molar-refractivity contribution is 1.55. The van der Waals surface area contributed by atoms with Crippen LogP contribution in [0.2, 0.25) is 0 Å². The van der Waals surface area contributed by atoms with Gasteiger partial charge in [-0.2, -0.15) is 5.26 Å². The Labute approximate surface area is 494 Å². The van der Waals surface area contributed by atoms with E-state index in [4.69, 9.17) is 11.7 Å². The Morgan fingerprint density at radius 1 is 0.0952 bits per heavy atom. The van der Waals surface area contributed by atoms with Crippen LogP contribution in [0.1, 0.15) is 0 Å². The van der Waals surface area contributed by atoms with Crippen LogP contribution in [-0.4, -0.2) is 0 Å². The van der Waals surface area contributed by atoms with Crippen molar-refractivity contribution in [2.45, 2.75) is 0 Å². The quantitative estimate of drug-likeness (QED) is 0.321. The van der Waals surface area contributed by atoms with E-state index in [1.807, 2.05) is 0 Å². The average molecular weight is 1010 g/mol. The largest absolute Gasteiger partial charge is 0.183 e. The Morgan fingerprint density at radius 2 is 0.155 bits per heavy atom. The van der Waals surface area contributed by atoms with Gasteiger partial charge in [0.15, 0.2) is 6.07 Å². The molecule has 0 aliphatic rings. The molecule has 0 fully saturated rings. The number of rotatable bonds is 0. The second kappa shape index (κ2) is 64.4. The van der Waals surface area contributed by atoms with Crippen molar-refractivity contribution >= 4 is 0 Å². The summed E-state index contributed by atoms with van der Waals surface area (Å²) in [5, 5.41) is 8.22. The van der Waals surface area contributed by atoms with E-state index in [1.54, 1.807) is 6.07 Å². The molecule has 0 bridgehead atoms. The Morgan fingerprint density at radius 3 is 0.214 bits per heavy atom. The summed E-state index contributed by atoms with van der Waals surface area (Å²) in [5.41, 5.74) is 0. The van der Waals surface area contributed by atoms with Crippen LogP contribution < -0.4 is 0 Å². The molecule has 0 saturated heterocycles. The highest BCUT2D eigenvalue weighted by Crippen LogP contribution is 1.65. The highest BCUT2D eigenvalue weighted by atomic mass is 14.2. The van der Waals surface area contributed by atoms with Gasteiger partial charge in [0.1, 0.15) is 0 Å². The van der Waals surface area contributed by atoms with E-state index in [0.717, 1.165) is 0 Å². The molecule has 338 valence electrons. The predicted octanol–water partition coefficient (Wildman–Crippen LogP) is 0.279. The molecule has 1 heteroatoms. The molecule has 0 spiro atoms. The van der Waals surface area contributed by atoms with Gasteiger partial charge in [-0.1, -0.05) is 0 Å². The van der Waals surface area contributed by atoms with Crippen LogP contribution in [0.25, 0.3) is 0 Å². The van der Waals surface area contributed by atoms with Gasteiger partial charge in [0.05, 0.1) is 0 Å². The minimum atomic E-state index is 1.62. The SMILES string of the molecule is C#CC#CC#CC#CC#CC#CC#CC#CC#CC#CC#CC#CC#CC#CC#CC#CC#CC#CC#CC#CC#CC#CC#CC#CC#CC#CC#CC#CC#CC#CC#CC#CC#CC#CC#CC#CC#CC#CC#CC#CC#CC#N. The molecule has 0 amide bonds. The Balaban J connectivity index is 4.62. The Bertz CT molecular complexity index is 5400. The van der Waals surface area contributed by atoms with Crippen LogP contribution in [0.5, 0.6) is 0 Å². The summed E-state index contributed by atoms with van der Waals surface area (Å²) in [6.07, 6.45) is 4.95. The maximum Gasteiger partial charge on any atom is 0.153 e. The van der Waals surface area contributed by atoms with E-state index in [9.17, 15) is 0 Å². The fourth-order valence-electron chi connectivity index (χ4n) is 2.50. The zero-order valence-corrected chi connectivity index (χ0v) is 42.0. The molecule has 0 rings (SSSR count). The summed E-state index contributed by atoms with van der Waals surface area (Å²) in [7, 11) is 0. The van der Waals surface area contributed by atoms with Crippen molar-refractivity contribution in [1.82, 2.24) is 0 Å². The van der Waals surface area contributed by atoms with Crippen molar-refractivity contribution < 1.29 is 0 Å². The lowest BCUT2D eigenvalue weighted by Gasteiger charge is -1.58. The van der Waals surface area contributed by atoms with Crippen molar-refractivity contribution in [2.24, 2.45) is 0 Å². The van der Waals surface area contributed by atoms with E-state index in [0.29, 0.717) is 0 Å². The van der Waals surface area contributed by atoms with Crippen LogP contribution in [0.4, 0.5) is 0 Å². The predicted molar refractivity (Wildman–Crippen MR) is 325 cm³/mol. The van der Waals surface area contributed by atoms with Crippen LogP contribution >= 0.6 is 0 Å². The van der Waals surface area contributed by atoms with Gasteiger partial charge < -0.3 is 0 Å². The third-order valence-electron chi connectivity index (χ3n) is 5.07. The number of nitrogens with zero attached hydrogens (tertiary/aromatic N) is 1. The molecule has 0 aliphatic heterocycles. The van der Waals surface area contributed by atoms with Crippen LogP contribution in [0, 0.1) is 497 Å². The minimum Gasteiger partial charge on any atom is -0.183 e. The first-order valence-corrected chi connectivity index (χ1v) is 20.8. The van der Waals surface area contributed by atoms with E-state index in [2.05, 4.69) is 480 Å². The highest BCUT2D eigenvalue weighted by Gasteiger charge is 1.65. The minimum absolute atomic E-state index is 1.62. The van der Waals surface area contributed by atoms with Crippen LogP contribution in [-0.2, 0) is 0 Å². The normalized spacial score (nSPS) is 3.93. The van der Waals surface area contributed by atoms with Gasteiger partial charge in [0.25, 0.3) is 0 Å². The topological polar surface area (TPSA) is 23.8 Å². The smallest absolute Gasteiger partial charge is 0.153 e. The third-order valence-corrected chi connectivity index (χ3v) is 5.07. The standard InChI is InChI=1S/C83HN/c1-2-3-4-5-6-7-8-9-10-11-12-13-14-15-16-17-18-19-20-21-22-23-24-25-26-27-28-29-30-31-32-33-34-35-36-37-38-39-40-41-42-43-44-45-46-47-48-49-50-51-52-53-54-55-56-57-58-59-60-61-62-63-64-65-66-67-68-69-70-71-72-73-74-75-76-77-78-79-80-81-82-83-84/h1H. The first-order chi connectivity index (χ1) is 41.9. The summed E-state index contributed by atoms with van der Waals surface area (Å²) in [6.45, 7) is 0. The Kier molecular flexibility index (Phi) is 50.2. The van der Waals surface area contributed by atoms with Crippen molar-refractivity contribution in [3.05, 3.63) is 0 Å². The molecule has 0 N–H and O–H groups in total. The second-order valence-electron chi connectivity index (χ2n) is 10.3. The maximum absolute atomic E-state index is 8.22. The van der Waals surface area contributed by atoms with Crippen molar-refractivity contribution in [3.8, 4) is 492 Å². The first-order valence-electron chi connectivity index (χ1n) is 20.8. The fourth-order valence-corrected chi connectivity index (χ4v) is 2.50. The summed E-state index contributed by atoms with van der Waals surface area (Å²) in [5.74, 6) is 200.